The van der Waals surface area contributed by atoms with E-state index in [0.717, 1.165) is 7.11 Å². The van der Waals surface area contributed by atoms with Crippen LogP contribution in [0.4, 0.5) is 16.2 Å². The van der Waals surface area contributed by atoms with E-state index in [4.69, 9.17) is 5.11 Å². The van der Waals surface area contributed by atoms with Crippen molar-refractivity contribution in [3.63, 3.8) is 0 Å². The Hall–Kier alpha value is -2.98. The molecule has 2 aromatic rings. The topological polar surface area (TPSA) is 137 Å². The number of pyridine rings is 1. The predicted octanol–water partition coefficient (Wildman–Crippen LogP) is 1.25. The van der Waals surface area contributed by atoms with Gasteiger partial charge in [0.15, 0.2) is 9.84 Å². The summed E-state index contributed by atoms with van der Waals surface area (Å²) in [6.45, 7) is 0. The molecule has 0 bridgehead atoms. The fourth-order valence-corrected chi connectivity index (χ4v) is 4.31. The van der Waals surface area contributed by atoms with Crippen LogP contribution in [0.25, 0.3) is 0 Å². The van der Waals surface area contributed by atoms with Gasteiger partial charge in [0.05, 0.1) is 11.5 Å². The predicted molar refractivity (Wildman–Crippen MR) is 106 cm³/mol. The molecular weight excluding hydrogens is 384 g/mol. The molecular formula is C18H22N4O5S. The quantitative estimate of drug-likeness (QED) is 0.603. The molecule has 3 amide bonds. The second-order valence-electron chi connectivity index (χ2n) is 5.97. The van der Waals surface area contributed by atoms with Crippen molar-refractivity contribution >= 4 is 33.2 Å². The zero-order valence-electron chi connectivity index (χ0n) is 15.3. The highest BCUT2D eigenvalue weighted by Gasteiger charge is 2.28. The van der Waals surface area contributed by atoms with Gasteiger partial charge in [-0.25, -0.2) is 13.2 Å². The summed E-state index contributed by atoms with van der Waals surface area (Å²) in [5.74, 6) is -0.278. The molecule has 1 unspecified atom stereocenters. The van der Waals surface area contributed by atoms with E-state index in [1.165, 1.54) is 0 Å². The van der Waals surface area contributed by atoms with E-state index < -0.39 is 21.9 Å². The number of aromatic nitrogens is 1. The molecule has 0 aliphatic carbocycles. The van der Waals surface area contributed by atoms with E-state index >= 15 is 0 Å². The van der Waals surface area contributed by atoms with E-state index in [1.807, 2.05) is 0 Å². The van der Waals surface area contributed by atoms with Crippen LogP contribution in [0.3, 0.4) is 0 Å². The van der Waals surface area contributed by atoms with Crippen LogP contribution in [0.15, 0.2) is 48.8 Å². The van der Waals surface area contributed by atoms with Crippen molar-refractivity contribution in [3.05, 3.63) is 54.4 Å². The van der Waals surface area contributed by atoms with Crippen LogP contribution in [-0.2, 0) is 9.84 Å². The molecule has 0 saturated carbocycles. The van der Waals surface area contributed by atoms with E-state index in [0.29, 0.717) is 23.4 Å². The van der Waals surface area contributed by atoms with E-state index in [-0.39, 0.29) is 17.4 Å². The fraction of sp³-hybridized carbons (Fsp3) is 0.278. The Balaban J connectivity index is 0.00000136. The average molecular weight is 406 g/mol. The van der Waals surface area contributed by atoms with Gasteiger partial charge in [-0.15, -0.1) is 0 Å². The first-order valence-corrected chi connectivity index (χ1v) is 10.3. The zero-order valence-corrected chi connectivity index (χ0v) is 16.1. The number of urea groups is 1. The van der Waals surface area contributed by atoms with Gasteiger partial charge in [0.25, 0.3) is 5.91 Å². The maximum atomic E-state index is 12.3. The number of carbonyl (C=O) groups is 2. The lowest BCUT2D eigenvalue weighted by molar-refractivity contribution is 0.102. The molecule has 3 rings (SSSR count). The number of aliphatic hydroxyl groups excluding tert-OH is 1. The van der Waals surface area contributed by atoms with Crippen molar-refractivity contribution in [1.29, 1.82) is 0 Å². The highest BCUT2D eigenvalue weighted by atomic mass is 32.2. The largest absolute Gasteiger partial charge is 0.400 e. The van der Waals surface area contributed by atoms with Crippen molar-refractivity contribution < 1.29 is 23.1 Å². The number of aliphatic hydroxyl groups is 1. The summed E-state index contributed by atoms with van der Waals surface area (Å²) in [5, 5.41) is 15.0. The standard InChI is InChI=1S/C17H18N4O4S.CH4O/c22-16(19-13-4-7-18-8-5-13)12-2-1-3-14(10-12)20-17(23)21-15-6-9-26(24,25)11-15;1-2/h1-5,7-8,10,15H,6,9,11H2,(H,18,19,22)(H2,20,21,23);2H,1H3. The van der Waals surface area contributed by atoms with Gasteiger partial charge in [-0.05, 0) is 36.8 Å². The van der Waals surface area contributed by atoms with Gasteiger partial charge in [0.1, 0.15) is 0 Å². The third kappa shape index (κ3) is 6.32. The zero-order chi connectivity index (χ0) is 20.6. The Morgan fingerprint density at radius 2 is 1.79 bits per heavy atom. The Morgan fingerprint density at radius 1 is 1.07 bits per heavy atom. The minimum atomic E-state index is -3.06. The normalized spacial score (nSPS) is 17.0. The Labute approximate surface area is 163 Å². The monoisotopic (exact) mass is 406 g/mol. The minimum Gasteiger partial charge on any atom is -0.400 e. The van der Waals surface area contributed by atoms with Crippen LogP contribution in [0.2, 0.25) is 0 Å². The molecule has 0 radical (unpaired) electrons. The molecule has 1 saturated heterocycles. The van der Waals surface area contributed by atoms with E-state index in [1.54, 1.807) is 48.8 Å². The van der Waals surface area contributed by atoms with Gasteiger partial charge >= 0.3 is 6.03 Å². The summed E-state index contributed by atoms with van der Waals surface area (Å²) in [5.41, 5.74) is 1.43. The first-order valence-electron chi connectivity index (χ1n) is 8.45. The Bertz CT molecular complexity index is 919. The second-order valence-corrected chi connectivity index (χ2v) is 8.20. The lowest BCUT2D eigenvalue weighted by Gasteiger charge is -2.12. The molecule has 28 heavy (non-hydrogen) atoms. The van der Waals surface area contributed by atoms with Gasteiger partial charge in [0.2, 0.25) is 0 Å². The summed E-state index contributed by atoms with van der Waals surface area (Å²) in [6, 6.07) is 8.92. The third-order valence-corrected chi connectivity index (χ3v) is 5.66. The van der Waals surface area contributed by atoms with Crippen molar-refractivity contribution in [1.82, 2.24) is 10.3 Å². The molecule has 1 aliphatic heterocycles. The number of rotatable bonds is 4. The fourth-order valence-electron chi connectivity index (χ4n) is 2.64. The van der Waals surface area contributed by atoms with Gasteiger partial charge in [0, 0.05) is 42.5 Å². The smallest absolute Gasteiger partial charge is 0.319 e. The van der Waals surface area contributed by atoms with Crippen molar-refractivity contribution in [3.8, 4) is 0 Å². The van der Waals surface area contributed by atoms with Crippen LogP contribution >= 0.6 is 0 Å². The number of amides is 3. The van der Waals surface area contributed by atoms with Crippen molar-refractivity contribution in [2.45, 2.75) is 12.5 Å². The molecule has 1 fully saturated rings. The number of anilines is 2. The van der Waals surface area contributed by atoms with Gasteiger partial charge in [-0.3, -0.25) is 9.78 Å². The SMILES string of the molecule is CO.O=C(Nc1cccc(C(=O)Nc2ccncc2)c1)NC1CCS(=O)(=O)C1. The van der Waals surface area contributed by atoms with Crippen molar-refractivity contribution in [2.75, 3.05) is 29.2 Å². The highest BCUT2D eigenvalue weighted by molar-refractivity contribution is 7.91. The summed E-state index contributed by atoms with van der Waals surface area (Å²) in [7, 11) is -2.06. The summed E-state index contributed by atoms with van der Waals surface area (Å²) < 4.78 is 22.9. The third-order valence-electron chi connectivity index (χ3n) is 3.89. The number of nitrogens with one attached hydrogen (secondary N) is 3. The van der Waals surface area contributed by atoms with Crippen LogP contribution < -0.4 is 16.0 Å². The number of nitrogens with zero attached hydrogens (tertiary/aromatic N) is 1. The molecule has 9 nitrogen and oxygen atoms in total. The maximum Gasteiger partial charge on any atom is 0.319 e. The first kappa shape index (κ1) is 21.3. The first-order chi connectivity index (χ1) is 13.4. The van der Waals surface area contributed by atoms with Gasteiger partial charge < -0.3 is 21.1 Å². The highest BCUT2D eigenvalue weighted by Crippen LogP contribution is 2.14. The van der Waals surface area contributed by atoms with E-state index in [2.05, 4.69) is 20.9 Å². The van der Waals surface area contributed by atoms with Gasteiger partial charge in [-0.2, -0.15) is 0 Å². The number of hydrogen-bond acceptors (Lipinski definition) is 6. The molecule has 4 N–H and O–H groups in total. The molecule has 10 heteroatoms. The van der Waals surface area contributed by atoms with E-state index in [9.17, 15) is 18.0 Å². The van der Waals surface area contributed by atoms with Crippen LogP contribution in [-0.4, -0.2) is 55.1 Å². The van der Waals surface area contributed by atoms with Crippen LogP contribution in [0, 0.1) is 0 Å². The number of carbonyl (C=O) groups excluding carboxylic acids is 2. The molecule has 2 heterocycles. The molecule has 1 atom stereocenters. The van der Waals surface area contributed by atoms with Gasteiger partial charge in [-0.1, -0.05) is 6.07 Å². The number of hydrogen-bond donors (Lipinski definition) is 4. The molecule has 0 spiro atoms. The Morgan fingerprint density at radius 3 is 2.43 bits per heavy atom. The number of sulfone groups is 1. The summed E-state index contributed by atoms with van der Waals surface area (Å²) in [4.78, 5) is 28.2. The minimum absolute atomic E-state index is 0.0468. The molecule has 1 aliphatic rings. The van der Waals surface area contributed by atoms with Crippen LogP contribution in [0.5, 0.6) is 0 Å². The van der Waals surface area contributed by atoms with Crippen LogP contribution in [0.1, 0.15) is 16.8 Å². The molecule has 1 aromatic heterocycles. The summed E-state index contributed by atoms with van der Waals surface area (Å²) in [6.07, 6.45) is 3.55. The second kappa shape index (κ2) is 9.81. The molecule has 1 aromatic carbocycles. The lowest BCUT2D eigenvalue weighted by atomic mass is 10.2. The lowest BCUT2D eigenvalue weighted by Crippen LogP contribution is -2.38. The average Bonchev–Trinajstić information content (AvgIpc) is 3.02. The number of benzene rings is 1. The molecule has 150 valence electrons. The maximum absolute atomic E-state index is 12.3. The Kier molecular flexibility index (Phi) is 7.47. The summed E-state index contributed by atoms with van der Waals surface area (Å²) >= 11 is 0. The van der Waals surface area contributed by atoms with Crippen molar-refractivity contribution in [2.24, 2.45) is 0 Å².